The summed E-state index contributed by atoms with van der Waals surface area (Å²) in [4.78, 5) is 3.66. The van der Waals surface area contributed by atoms with E-state index in [1.165, 1.54) is 97.7 Å². The predicted molar refractivity (Wildman–Crippen MR) is 255 cm³/mol. The minimum absolute atomic E-state index is 0.130. The molecule has 3 heteroatoms. The Bertz CT molecular complexity index is 3730. The molecule has 0 bridgehead atoms. The Morgan fingerprint density at radius 2 is 0.833 bits per heavy atom. The summed E-state index contributed by atoms with van der Waals surface area (Å²) >= 11 is 1.90. The Labute approximate surface area is 351 Å². The lowest BCUT2D eigenvalue weighted by atomic mass is 9.81. The van der Waals surface area contributed by atoms with Crippen molar-refractivity contribution in [1.82, 2.24) is 4.98 Å². The van der Waals surface area contributed by atoms with Crippen LogP contribution in [0, 0.1) is 0 Å². The van der Waals surface area contributed by atoms with E-state index in [1.807, 2.05) is 11.3 Å². The van der Waals surface area contributed by atoms with Crippen LogP contribution in [0.1, 0.15) is 25.0 Å². The molecular formula is C57H37NOS. The molecule has 0 aliphatic heterocycles. The number of thiophene rings is 1. The van der Waals surface area contributed by atoms with E-state index >= 15 is 0 Å². The van der Waals surface area contributed by atoms with Gasteiger partial charge in [-0.05, 0) is 146 Å². The zero-order valence-corrected chi connectivity index (χ0v) is 34.0. The van der Waals surface area contributed by atoms with Gasteiger partial charge in [0.2, 0.25) is 0 Å². The molecule has 60 heavy (non-hydrogen) atoms. The van der Waals surface area contributed by atoms with Crippen LogP contribution in [0.4, 0.5) is 0 Å². The summed E-state index contributed by atoms with van der Waals surface area (Å²) in [6, 6.07) is 67.1. The number of hydrogen-bond donors (Lipinski definition) is 1. The highest BCUT2D eigenvalue weighted by atomic mass is 32.1. The third kappa shape index (κ3) is 5.00. The van der Waals surface area contributed by atoms with Crippen LogP contribution in [0.25, 0.3) is 120 Å². The number of furan rings is 1. The van der Waals surface area contributed by atoms with Crippen molar-refractivity contribution in [2.24, 2.45) is 0 Å². The number of H-pyrrole nitrogens is 1. The van der Waals surface area contributed by atoms with E-state index in [0.29, 0.717) is 0 Å². The van der Waals surface area contributed by atoms with Crippen molar-refractivity contribution in [3.63, 3.8) is 0 Å². The normalized spacial score (nSPS) is 13.3. The van der Waals surface area contributed by atoms with Crippen molar-refractivity contribution < 1.29 is 4.42 Å². The SMILES string of the molecule is CC1(C)c2cc(-c3ccc4[nH]c5ccc(-c6ccccc6)cc5c4c3)ccc2-c2cc3c(cc21)sc1ccc(-c2ccc4oc5ccc(-c6ccccc6)cc5c4c2)cc13. The van der Waals surface area contributed by atoms with Crippen LogP contribution >= 0.6 is 11.3 Å². The van der Waals surface area contributed by atoms with Gasteiger partial charge in [-0.15, -0.1) is 11.3 Å². The van der Waals surface area contributed by atoms with E-state index in [4.69, 9.17) is 4.42 Å². The lowest BCUT2D eigenvalue weighted by Crippen LogP contribution is -2.14. The molecule has 0 saturated heterocycles. The molecule has 0 saturated carbocycles. The minimum Gasteiger partial charge on any atom is -0.456 e. The lowest BCUT2D eigenvalue weighted by molar-refractivity contribution is 0.661. The molecule has 2 nitrogen and oxygen atoms in total. The second-order valence-corrected chi connectivity index (χ2v) is 18.1. The van der Waals surface area contributed by atoms with Crippen molar-refractivity contribution >= 4 is 75.3 Å². The first-order chi connectivity index (χ1) is 29.4. The van der Waals surface area contributed by atoms with Gasteiger partial charge in [0.15, 0.2) is 0 Å². The van der Waals surface area contributed by atoms with E-state index in [-0.39, 0.29) is 5.41 Å². The molecule has 12 aromatic rings. The van der Waals surface area contributed by atoms with E-state index < -0.39 is 0 Å². The van der Waals surface area contributed by atoms with Gasteiger partial charge in [-0.2, -0.15) is 0 Å². The first kappa shape index (κ1) is 33.7. The largest absolute Gasteiger partial charge is 0.456 e. The molecule has 0 unspecified atom stereocenters. The van der Waals surface area contributed by atoms with Crippen LogP contribution in [0.3, 0.4) is 0 Å². The molecule has 0 radical (unpaired) electrons. The van der Waals surface area contributed by atoms with Crippen molar-refractivity contribution in [2.75, 3.05) is 0 Å². The number of aromatic nitrogens is 1. The number of nitrogens with one attached hydrogen (secondary N) is 1. The van der Waals surface area contributed by atoms with Crippen LogP contribution < -0.4 is 0 Å². The standard InChI is InChI=1S/C57H37NOS/c1-57(2)49-30-40(37-15-21-52-44(26-37)43-25-35(14-20-51(43)58-52)33-9-5-3-6-10-33)13-19-41(49)42-31-48-47-29-39(18-24-55(47)60-56(48)32-50(42)57)38-17-23-54-46(28-38)45-27-36(16-22-53(45)59-54)34-11-7-4-8-12-34/h3-32,58H,1-2H3. The van der Waals surface area contributed by atoms with Crippen LogP contribution in [-0.4, -0.2) is 4.98 Å². The van der Waals surface area contributed by atoms with E-state index in [1.54, 1.807) is 0 Å². The maximum atomic E-state index is 6.32. The number of fused-ring (bicyclic) bond motifs is 12. The molecule has 1 aliphatic rings. The van der Waals surface area contributed by atoms with E-state index in [9.17, 15) is 0 Å². The fourth-order valence-corrected chi connectivity index (χ4v) is 11.1. The van der Waals surface area contributed by atoms with Crippen LogP contribution in [0.15, 0.2) is 186 Å². The monoisotopic (exact) mass is 783 g/mol. The number of aromatic amines is 1. The van der Waals surface area contributed by atoms with E-state index in [0.717, 1.165) is 33.0 Å². The summed E-state index contributed by atoms with van der Waals surface area (Å²) < 4.78 is 8.97. The second-order valence-electron chi connectivity index (χ2n) is 17.0. The smallest absolute Gasteiger partial charge is 0.135 e. The number of benzene rings is 9. The Morgan fingerprint density at radius 3 is 1.45 bits per heavy atom. The summed E-state index contributed by atoms with van der Waals surface area (Å²) in [7, 11) is 0. The summed E-state index contributed by atoms with van der Waals surface area (Å²) in [5.41, 5.74) is 19.3. The minimum atomic E-state index is -0.130. The molecule has 3 aromatic heterocycles. The fraction of sp³-hybridized carbons (Fsp3) is 0.0526. The predicted octanol–water partition coefficient (Wildman–Crippen LogP) is 16.6. The quantitative estimate of drug-likeness (QED) is 0.189. The second kappa shape index (κ2) is 12.4. The van der Waals surface area contributed by atoms with Crippen molar-refractivity contribution in [2.45, 2.75) is 19.3 Å². The van der Waals surface area contributed by atoms with Gasteiger partial charge >= 0.3 is 0 Å². The Hall–Kier alpha value is -7.20. The zero-order valence-electron chi connectivity index (χ0n) is 33.1. The highest BCUT2D eigenvalue weighted by molar-refractivity contribution is 7.25. The van der Waals surface area contributed by atoms with Gasteiger partial charge in [0.05, 0.1) is 0 Å². The summed E-state index contributed by atoms with van der Waals surface area (Å²) in [6.07, 6.45) is 0. The lowest BCUT2D eigenvalue weighted by Gasteiger charge is -2.22. The molecule has 0 amide bonds. The third-order valence-electron chi connectivity index (χ3n) is 13.2. The van der Waals surface area contributed by atoms with Gasteiger partial charge in [0.1, 0.15) is 11.2 Å². The van der Waals surface area contributed by atoms with Crippen molar-refractivity contribution in [1.29, 1.82) is 0 Å². The molecule has 9 aromatic carbocycles. The third-order valence-corrected chi connectivity index (χ3v) is 14.3. The molecule has 3 heterocycles. The molecule has 1 N–H and O–H groups in total. The Morgan fingerprint density at radius 1 is 0.367 bits per heavy atom. The van der Waals surface area contributed by atoms with Crippen LogP contribution in [0.2, 0.25) is 0 Å². The van der Waals surface area contributed by atoms with Crippen LogP contribution in [-0.2, 0) is 5.41 Å². The highest BCUT2D eigenvalue weighted by Crippen LogP contribution is 2.53. The molecule has 0 atom stereocenters. The number of rotatable bonds is 4. The molecule has 1 aliphatic carbocycles. The fourth-order valence-electron chi connectivity index (χ4n) is 10.0. The molecule has 282 valence electrons. The molecular weight excluding hydrogens is 747 g/mol. The maximum absolute atomic E-state index is 6.32. The Kier molecular flexibility index (Phi) is 6.98. The van der Waals surface area contributed by atoms with Gasteiger partial charge < -0.3 is 9.40 Å². The molecule has 0 fully saturated rings. The van der Waals surface area contributed by atoms with Crippen LogP contribution in [0.5, 0.6) is 0 Å². The first-order valence-corrected chi connectivity index (χ1v) is 21.5. The Balaban J connectivity index is 0.888. The maximum Gasteiger partial charge on any atom is 0.135 e. The summed E-state index contributed by atoms with van der Waals surface area (Å²) in [5, 5.41) is 7.43. The van der Waals surface area contributed by atoms with Gasteiger partial charge in [-0.1, -0.05) is 117 Å². The van der Waals surface area contributed by atoms with Gasteiger partial charge in [-0.25, -0.2) is 0 Å². The molecule has 0 spiro atoms. The number of hydrogen-bond acceptors (Lipinski definition) is 2. The summed E-state index contributed by atoms with van der Waals surface area (Å²) in [6.45, 7) is 4.79. The van der Waals surface area contributed by atoms with Crippen molar-refractivity contribution in [3.8, 4) is 55.6 Å². The van der Waals surface area contributed by atoms with Gasteiger partial charge in [0, 0.05) is 58.2 Å². The first-order valence-electron chi connectivity index (χ1n) is 20.7. The average molecular weight is 784 g/mol. The van der Waals surface area contributed by atoms with E-state index in [2.05, 4.69) is 201 Å². The highest BCUT2D eigenvalue weighted by Gasteiger charge is 2.36. The molecule has 13 rings (SSSR count). The summed E-state index contributed by atoms with van der Waals surface area (Å²) in [5.74, 6) is 0. The zero-order chi connectivity index (χ0) is 39.7. The van der Waals surface area contributed by atoms with Crippen molar-refractivity contribution in [3.05, 3.63) is 193 Å². The van der Waals surface area contributed by atoms with Gasteiger partial charge in [0.25, 0.3) is 0 Å². The van der Waals surface area contributed by atoms with Gasteiger partial charge in [-0.3, -0.25) is 0 Å². The topological polar surface area (TPSA) is 28.9 Å². The average Bonchev–Trinajstić information content (AvgIpc) is 4.02.